The standard InChI is InChI=1S/C37H65BN6O10/c1-13-28-37(8,49)32(47)23(4)29(40-51-17-16-42(9)10)21(2)19-36(7,50-12)33(24(5)30(45)25(6)34(48)53-28)54-35-31(46)27(18-22(3)52-35)43(11)15-14-26-20-44(38)41-39-26/h20-25,27-28,31-33,35,46-47,49H,13-19H2,1-12H3/b40-29+/t21-,22-,23+,24+,25-,27+,28-,31-,32-,33?,35+,36-,37-/m1/s1. The van der Waals surface area contributed by atoms with E-state index in [1.165, 1.54) is 21.0 Å². The van der Waals surface area contributed by atoms with Crippen LogP contribution in [0.25, 0.3) is 0 Å². The number of nitrogens with zero attached hydrogens (tertiary/aromatic N) is 6. The monoisotopic (exact) mass is 764 g/mol. The number of rotatable bonds is 12. The van der Waals surface area contributed by atoms with E-state index in [1.54, 1.807) is 33.9 Å². The minimum Gasteiger partial charge on any atom is -0.459 e. The van der Waals surface area contributed by atoms with Crippen LogP contribution in [0.4, 0.5) is 0 Å². The Kier molecular flexibility index (Phi) is 16.6. The van der Waals surface area contributed by atoms with Gasteiger partial charge in [-0.3, -0.25) is 9.59 Å². The lowest BCUT2D eigenvalue weighted by molar-refractivity contribution is -0.295. The molecule has 3 N–H and O–H groups in total. The summed E-state index contributed by atoms with van der Waals surface area (Å²) in [6, 6.07) is -0.378. The van der Waals surface area contributed by atoms with Gasteiger partial charge < -0.3 is 53.5 Å². The largest absolute Gasteiger partial charge is 0.459 e. The third-order valence-electron chi connectivity index (χ3n) is 11.3. The lowest BCUT2D eigenvalue weighted by Crippen LogP contribution is -2.60. The highest BCUT2D eigenvalue weighted by molar-refractivity contribution is 6.05. The fraction of sp³-hybridized carbons (Fsp3) is 0.865. The maximum absolute atomic E-state index is 14.2. The molecule has 54 heavy (non-hydrogen) atoms. The first kappa shape index (κ1) is 45.9. The number of ketones is 1. The van der Waals surface area contributed by atoms with Crippen LogP contribution >= 0.6 is 0 Å². The maximum atomic E-state index is 14.2. The molecular formula is C37H65BN6O10. The van der Waals surface area contributed by atoms with E-state index in [1.807, 2.05) is 44.8 Å². The van der Waals surface area contributed by atoms with E-state index in [0.29, 0.717) is 37.3 Å². The number of carbonyl (C=O) groups is 2. The molecule has 0 saturated carbocycles. The molecular weight excluding hydrogens is 699 g/mol. The Morgan fingerprint density at radius 1 is 1.09 bits per heavy atom. The van der Waals surface area contributed by atoms with E-state index in [0.717, 1.165) is 4.59 Å². The molecule has 17 heteroatoms. The summed E-state index contributed by atoms with van der Waals surface area (Å²) in [6.07, 6.45) is -3.16. The molecule has 0 aromatic carbocycles. The fourth-order valence-electron chi connectivity index (χ4n) is 7.77. The number of carbonyl (C=O) groups excluding carboxylic acids is 2. The SMILES string of the molecule is [B]n1cc(CCN(C)[C@H]2C[C@@H](C)O[C@@H](OC3[C@@H](C)C(=O)[C@@H](C)C(=O)O[C@H](CC)[C@@](C)(O)[C@H](O)[C@@H](C)/C(=N/OCCN(C)C)[C@H](C)C[C@@]3(C)OC)[C@@H]2O)nn1. The second-order valence-corrected chi connectivity index (χ2v) is 16.1. The Morgan fingerprint density at radius 2 is 1.76 bits per heavy atom. The van der Waals surface area contributed by atoms with Crippen molar-refractivity contribution in [1.29, 1.82) is 0 Å². The topological polar surface area (TPSA) is 191 Å². The molecule has 1 aromatic heterocycles. The number of hydrogen-bond acceptors (Lipinski definition) is 15. The van der Waals surface area contributed by atoms with Crippen LogP contribution in [0.15, 0.2) is 11.4 Å². The van der Waals surface area contributed by atoms with Gasteiger partial charge in [-0.2, -0.15) is 0 Å². The predicted octanol–water partition coefficient (Wildman–Crippen LogP) is 1.22. The number of oxime groups is 1. The molecule has 1 aromatic rings. The predicted molar refractivity (Wildman–Crippen MR) is 202 cm³/mol. The summed E-state index contributed by atoms with van der Waals surface area (Å²) in [5, 5.41) is 47.6. The smallest absolute Gasteiger partial charge is 0.316 e. The summed E-state index contributed by atoms with van der Waals surface area (Å²) in [7, 11) is 12.9. The van der Waals surface area contributed by atoms with Crippen LogP contribution in [0.2, 0.25) is 0 Å². The second-order valence-electron chi connectivity index (χ2n) is 16.1. The van der Waals surface area contributed by atoms with Crippen molar-refractivity contribution in [1.82, 2.24) is 24.7 Å². The summed E-state index contributed by atoms with van der Waals surface area (Å²) < 4.78 is 26.1. The third-order valence-corrected chi connectivity index (χ3v) is 11.3. The normalized spacial score (nSPS) is 38.5. The lowest BCUT2D eigenvalue weighted by Gasteiger charge is -2.47. The molecule has 0 spiro atoms. The fourth-order valence-corrected chi connectivity index (χ4v) is 7.77. The first-order valence-corrected chi connectivity index (χ1v) is 19.1. The van der Waals surface area contributed by atoms with E-state index in [4.69, 9.17) is 31.8 Å². The molecule has 1 unspecified atom stereocenters. The number of likely N-dealkylation sites (N-methyl/N-ethyl adjacent to an activating group) is 2. The number of Topliss-reactive ketones (excluding diaryl/α,β-unsaturated/α-hetero) is 1. The van der Waals surface area contributed by atoms with Crippen LogP contribution < -0.4 is 0 Å². The number of esters is 1. The molecule has 2 fully saturated rings. The Bertz CT molecular complexity index is 1400. The van der Waals surface area contributed by atoms with Crippen molar-refractivity contribution in [3.8, 4) is 0 Å². The minimum atomic E-state index is -1.90. The van der Waals surface area contributed by atoms with Crippen molar-refractivity contribution in [3.05, 3.63) is 11.9 Å². The van der Waals surface area contributed by atoms with Crippen LogP contribution in [-0.2, 0) is 39.8 Å². The average Bonchev–Trinajstić information content (AvgIpc) is 3.54. The zero-order valence-electron chi connectivity index (χ0n) is 34.3. The molecule has 3 heterocycles. The Morgan fingerprint density at radius 3 is 2.33 bits per heavy atom. The van der Waals surface area contributed by atoms with Crippen molar-refractivity contribution in [2.45, 2.75) is 135 Å². The second kappa shape index (κ2) is 19.6. The van der Waals surface area contributed by atoms with Gasteiger partial charge in [-0.05, 0) is 68.1 Å². The van der Waals surface area contributed by atoms with Crippen molar-refractivity contribution < 1.29 is 48.7 Å². The highest BCUT2D eigenvalue weighted by Gasteiger charge is 2.51. The summed E-state index contributed by atoms with van der Waals surface area (Å²) in [4.78, 5) is 37.6. The molecule has 0 amide bonds. The molecule has 306 valence electrons. The molecule has 2 aliphatic heterocycles. The van der Waals surface area contributed by atoms with Gasteiger partial charge in [0.25, 0.3) is 7.98 Å². The highest BCUT2D eigenvalue weighted by Crippen LogP contribution is 2.38. The highest BCUT2D eigenvalue weighted by atomic mass is 16.7. The number of aromatic nitrogens is 3. The Hall–Kier alpha value is -2.51. The van der Waals surface area contributed by atoms with Crippen molar-refractivity contribution in [2.24, 2.45) is 28.8 Å². The molecule has 0 aliphatic carbocycles. The van der Waals surface area contributed by atoms with Crippen molar-refractivity contribution >= 4 is 25.4 Å². The van der Waals surface area contributed by atoms with Gasteiger partial charge in [0.05, 0.1) is 35.3 Å². The Labute approximate surface area is 322 Å². The van der Waals surface area contributed by atoms with Gasteiger partial charge in [-0.1, -0.05) is 38.1 Å². The van der Waals surface area contributed by atoms with Gasteiger partial charge in [0.2, 0.25) is 0 Å². The summed E-state index contributed by atoms with van der Waals surface area (Å²) in [5.74, 6) is -4.76. The molecule has 16 nitrogen and oxygen atoms in total. The molecule has 2 aliphatic rings. The molecule has 3 rings (SSSR count). The first-order chi connectivity index (χ1) is 25.2. The number of hydrogen-bond donors (Lipinski definition) is 3. The molecule has 2 radical (unpaired) electrons. The average molecular weight is 765 g/mol. The summed E-state index contributed by atoms with van der Waals surface area (Å²) in [5.41, 5.74) is -2.00. The lowest BCUT2D eigenvalue weighted by atomic mass is 9.74. The van der Waals surface area contributed by atoms with E-state index in [2.05, 4.69) is 15.5 Å². The van der Waals surface area contributed by atoms with E-state index < -0.39 is 77.3 Å². The van der Waals surface area contributed by atoms with E-state index in [-0.39, 0.29) is 31.6 Å². The minimum absolute atomic E-state index is 0.172. The van der Waals surface area contributed by atoms with Gasteiger partial charge in [-0.25, -0.2) is 0 Å². The van der Waals surface area contributed by atoms with Crippen LogP contribution in [0.5, 0.6) is 0 Å². The van der Waals surface area contributed by atoms with Gasteiger partial charge in [0.1, 0.15) is 30.3 Å². The summed E-state index contributed by atoms with van der Waals surface area (Å²) >= 11 is 0. The molecule has 13 atom stereocenters. The number of aliphatic hydroxyl groups excluding tert-OH is 2. The van der Waals surface area contributed by atoms with Gasteiger partial charge in [0, 0.05) is 56.6 Å². The zero-order chi connectivity index (χ0) is 40.7. The number of aliphatic hydroxyl groups is 3. The molecule has 2 saturated heterocycles. The Balaban J connectivity index is 2.06. The first-order valence-electron chi connectivity index (χ1n) is 19.1. The zero-order valence-corrected chi connectivity index (χ0v) is 34.3. The maximum Gasteiger partial charge on any atom is 0.316 e. The van der Waals surface area contributed by atoms with E-state index >= 15 is 0 Å². The van der Waals surface area contributed by atoms with Crippen LogP contribution in [0.3, 0.4) is 0 Å². The van der Waals surface area contributed by atoms with Gasteiger partial charge in [0.15, 0.2) is 12.1 Å². The summed E-state index contributed by atoms with van der Waals surface area (Å²) in [6.45, 7) is 15.0. The number of ether oxygens (including phenoxy) is 4. The number of methoxy groups -OCH3 is 1. The van der Waals surface area contributed by atoms with Crippen molar-refractivity contribution in [3.63, 3.8) is 0 Å². The van der Waals surface area contributed by atoms with Crippen LogP contribution in [0.1, 0.15) is 80.3 Å². The van der Waals surface area contributed by atoms with Crippen LogP contribution in [0, 0.1) is 23.7 Å². The van der Waals surface area contributed by atoms with E-state index in [9.17, 15) is 24.9 Å². The molecule has 0 bridgehead atoms. The van der Waals surface area contributed by atoms with Crippen LogP contribution in [-0.4, -0.2) is 167 Å². The quantitative estimate of drug-likeness (QED) is 0.0906. The third kappa shape index (κ3) is 11.1. The van der Waals surface area contributed by atoms with Gasteiger partial charge >= 0.3 is 5.97 Å². The van der Waals surface area contributed by atoms with Gasteiger partial charge in [-0.15, -0.1) is 5.10 Å². The van der Waals surface area contributed by atoms with Crippen molar-refractivity contribution in [2.75, 3.05) is 47.9 Å². The number of cyclic esters (lactones) is 1.